The maximum Gasteiger partial charge on any atom is 0.266 e. The van der Waals surface area contributed by atoms with Crippen LogP contribution in [-0.2, 0) is 0 Å². The molecule has 3 nitrogen and oxygen atoms in total. The molecule has 1 saturated carbocycles. The fraction of sp³-hybridized carbons (Fsp3) is 0.400. The van der Waals surface area contributed by atoms with E-state index < -0.39 is 0 Å². The van der Waals surface area contributed by atoms with Gasteiger partial charge < -0.3 is 10.6 Å². The van der Waals surface area contributed by atoms with Crippen molar-refractivity contribution in [3.05, 3.63) is 28.6 Å². The second-order valence-corrected chi connectivity index (χ2v) is 6.40. The monoisotopic (exact) mass is 274 g/mol. The number of nitrogens with zero attached hydrogens (tertiary/aromatic N) is 1. The third kappa shape index (κ3) is 2.00. The highest BCUT2D eigenvalue weighted by Gasteiger charge is 2.28. The molecule has 2 aromatic rings. The molecule has 0 bridgehead atoms. The second kappa shape index (κ2) is 4.53. The summed E-state index contributed by atoms with van der Waals surface area (Å²) in [4.78, 5) is 15.1. The van der Waals surface area contributed by atoms with E-state index in [4.69, 9.17) is 5.73 Å². The first-order valence-electron chi connectivity index (χ1n) is 6.63. The summed E-state index contributed by atoms with van der Waals surface area (Å²) in [5.41, 5.74) is 7.98. The Bertz CT molecular complexity index is 643. The summed E-state index contributed by atoms with van der Waals surface area (Å²) in [6.07, 6.45) is 3.46. The number of hydrogen-bond donors (Lipinski definition) is 1. The SMILES string of the molecule is Cc1ccc2c(N)c(C(=O)N(C)C3CCC3)sc2c1. The number of carbonyl (C=O) groups excluding carboxylic acids is 1. The number of fused-ring (bicyclic) bond motifs is 1. The van der Waals surface area contributed by atoms with Crippen molar-refractivity contribution in [1.29, 1.82) is 0 Å². The molecule has 1 aliphatic carbocycles. The summed E-state index contributed by atoms with van der Waals surface area (Å²) < 4.78 is 1.10. The molecule has 19 heavy (non-hydrogen) atoms. The fourth-order valence-electron chi connectivity index (χ4n) is 2.48. The molecule has 0 saturated heterocycles. The number of amides is 1. The van der Waals surface area contributed by atoms with Crippen molar-refractivity contribution in [1.82, 2.24) is 4.90 Å². The van der Waals surface area contributed by atoms with Crippen LogP contribution >= 0.6 is 11.3 Å². The Labute approximate surface area is 117 Å². The van der Waals surface area contributed by atoms with E-state index in [0.29, 0.717) is 16.6 Å². The molecule has 0 aliphatic heterocycles. The Morgan fingerprint density at radius 3 is 2.79 bits per heavy atom. The van der Waals surface area contributed by atoms with Crippen molar-refractivity contribution in [3.8, 4) is 0 Å². The predicted molar refractivity (Wildman–Crippen MR) is 80.7 cm³/mol. The number of anilines is 1. The summed E-state index contributed by atoms with van der Waals surface area (Å²) in [7, 11) is 1.89. The average Bonchev–Trinajstić information content (AvgIpc) is 2.63. The van der Waals surface area contributed by atoms with Crippen molar-refractivity contribution in [3.63, 3.8) is 0 Å². The topological polar surface area (TPSA) is 46.3 Å². The van der Waals surface area contributed by atoms with E-state index in [0.717, 1.165) is 22.9 Å². The van der Waals surface area contributed by atoms with E-state index in [1.54, 1.807) is 0 Å². The van der Waals surface area contributed by atoms with Gasteiger partial charge in [0.15, 0.2) is 0 Å². The zero-order valence-corrected chi connectivity index (χ0v) is 12.1. The van der Waals surface area contributed by atoms with E-state index in [9.17, 15) is 4.79 Å². The van der Waals surface area contributed by atoms with Gasteiger partial charge in [0.25, 0.3) is 5.91 Å². The zero-order chi connectivity index (χ0) is 13.6. The normalized spacial score (nSPS) is 15.5. The number of carbonyl (C=O) groups is 1. The quantitative estimate of drug-likeness (QED) is 0.912. The van der Waals surface area contributed by atoms with E-state index in [1.165, 1.54) is 23.3 Å². The van der Waals surface area contributed by atoms with E-state index in [2.05, 4.69) is 13.0 Å². The largest absolute Gasteiger partial charge is 0.397 e. The van der Waals surface area contributed by atoms with Crippen LogP contribution in [0.25, 0.3) is 10.1 Å². The molecular weight excluding hydrogens is 256 g/mol. The maximum atomic E-state index is 12.5. The molecule has 1 heterocycles. The van der Waals surface area contributed by atoms with Crippen molar-refractivity contribution in [2.24, 2.45) is 0 Å². The summed E-state index contributed by atoms with van der Waals surface area (Å²) in [5, 5.41) is 1.00. The van der Waals surface area contributed by atoms with Crippen LogP contribution in [0.3, 0.4) is 0 Å². The van der Waals surface area contributed by atoms with Gasteiger partial charge in [-0.1, -0.05) is 12.1 Å². The van der Waals surface area contributed by atoms with Crippen LogP contribution in [-0.4, -0.2) is 23.9 Å². The first-order valence-corrected chi connectivity index (χ1v) is 7.45. The van der Waals surface area contributed by atoms with Gasteiger partial charge in [0, 0.05) is 23.2 Å². The third-order valence-corrected chi connectivity index (χ3v) is 5.18. The molecule has 1 aromatic carbocycles. The second-order valence-electron chi connectivity index (χ2n) is 5.35. The van der Waals surface area contributed by atoms with Crippen molar-refractivity contribution in [2.45, 2.75) is 32.2 Å². The van der Waals surface area contributed by atoms with Crippen LogP contribution in [0.4, 0.5) is 5.69 Å². The molecule has 4 heteroatoms. The minimum absolute atomic E-state index is 0.0704. The van der Waals surface area contributed by atoms with Gasteiger partial charge >= 0.3 is 0 Å². The van der Waals surface area contributed by atoms with Crippen LogP contribution in [0.5, 0.6) is 0 Å². The summed E-state index contributed by atoms with van der Waals surface area (Å²) >= 11 is 1.51. The number of benzene rings is 1. The minimum Gasteiger partial charge on any atom is -0.397 e. The number of hydrogen-bond acceptors (Lipinski definition) is 3. The minimum atomic E-state index is 0.0704. The highest BCUT2D eigenvalue weighted by atomic mass is 32.1. The van der Waals surface area contributed by atoms with Crippen LogP contribution in [0.2, 0.25) is 0 Å². The van der Waals surface area contributed by atoms with Crippen LogP contribution in [0.1, 0.15) is 34.5 Å². The molecule has 1 fully saturated rings. The Balaban J connectivity index is 1.99. The van der Waals surface area contributed by atoms with Crippen molar-refractivity contribution >= 4 is 33.0 Å². The maximum absolute atomic E-state index is 12.5. The highest BCUT2D eigenvalue weighted by Crippen LogP contribution is 2.36. The summed E-state index contributed by atoms with van der Waals surface area (Å²) in [6, 6.07) is 6.54. The van der Waals surface area contributed by atoms with Gasteiger partial charge in [-0.15, -0.1) is 11.3 Å². The Morgan fingerprint density at radius 2 is 2.16 bits per heavy atom. The molecule has 1 amide bonds. The van der Waals surface area contributed by atoms with E-state index >= 15 is 0 Å². The Morgan fingerprint density at radius 1 is 1.42 bits per heavy atom. The molecule has 0 spiro atoms. The lowest BCUT2D eigenvalue weighted by molar-refractivity contribution is 0.0658. The summed E-state index contributed by atoms with van der Waals surface area (Å²) in [6.45, 7) is 2.05. The van der Waals surface area contributed by atoms with Crippen molar-refractivity contribution in [2.75, 3.05) is 12.8 Å². The number of aryl methyl sites for hydroxylation is 1. The molecule has 1 aromatic heterocycles. The number of thiophene rings is 1. The van der Waals surface area contributed by atoms with Crippen molar-refractivity contribution < 1.29 is 4.79 Å². The summed E-state index contributed by atoms with van der Waals surface area (Å²) in [5.74, 6) is 0.0704. The highest BCUT2D eigenvalue weighted by molar-refractivity contribution is 7.21. The molecule has 0 unspecified atom stereocenters. The van der Waals surface area contributed by atoms with Crippen LogP contribution in [0, 0.1) is 6.92 Å². The molecule has 1 aliphatic rings. The lowest BCUT2D eigenvalue weighted by atomic mass is 9.92. The number of rotatable bonds is 2. The predicted octanol–water partition coefficient (Wildman–Crippen LogP) is 3.42. The molecule has 100 valence electrons. The van der Waals surface area contributed by atoms with Gasteiger partial charge in [-0.05, 0) is 37.8 Å². The van der Waals surface area contributed by atoms with E-state index in [-0.39, 0.29) is 5.91 Å². The lowest BCUT2D eigenvalue weighted by Gasteiger charge is -2.34. The molecule has 0 atom stereocenters. The van der Waals surface area contributed by atoms with Gasteiger partial charge in [0.1, 0.15) is 4.88 Å². The first kappa shape index (κ1) is 12.5. The van der Waals surface area contributed by atoms with E-state index in [1.807, 2.05) is 24.1 Å². The van der Waals surface area contributed by atoms with Gasteiger partial charge in [-0.25, -0.2) is 0 Å². The third-order valence-electron chi connectivity index (χ3n) is 4.02. The Hall–Kier alpha value is -1.55. The Kier molecular flexibility index (Phi) is 2.97. The van der Waals surface area contributed by atoms with Gasteiger partial charge in [0.2, 0.25) is 0 Å². The zero-order valence-electron chi connectivity index (χ0n) is 11.3. The molecule has 0 radical (unpaired) electrons. The smallest absolute Gasteiger partial charge is 0.266 e. The molecule has 2 N–H and O–H groups in total. The number of nitrogens with two attached hydrogens (primary N) is 1. The molecule has 3 rings (SSSR count). The fourth-order valence-corrected chi connectivity index (χ4v) is 3.69. The first-order chi connectivity index (χ1) is 9.08. The van der Waals surface area contributed by atoms with Crippen LogP contribution in [0.15, 0.2) is 18.2 Å². The lowest BCUT2D eigenvalue weighted by Crippen LogP contribution is -2.41. The number of nitrogen functional groups attached to an aromatic ring is 1. The van der Waals surface area contributed by atoms with Gasteiger partial charge in [0.05, 0.1) is 5.69 Å². The van der Waals surface area contributed by atoms with Gasteiger partial charge in [-0.2, -0.15) is 0 Å². The van der Waals surface area contributed by atoms with Crippen LogP contribution < -0.4 is 5.73 Å². The molecular formula is C15H18N2OS. The average molecular weight is 274 g/mol. The van der Waals surface area contributed by atoms with Gasteiger partial charge in [-0.3, -0.25) is 4.79 Å². The standard InChI is InChI=1S/C15H18N2OS/c1-9-6-7-11-12(8-9)19-14(13(11)16)15(18)17(2)10-4-3-5-10/h6-8,10H,3-5,16H2,1-2H3.